The molecule has 0 radical (unpaired) electrons. The second kappa shape index (κ2) is 7.34. The van der Waals surface area contributed by atoms with Crippen molar-refractivity contribution in [2.75, 3.05) is 19.0 Å². The number of imidazole rings is 2. The van der Waals surface area contributed by atoms with Crippen LogP contribution < -0.4 is 10.9 Å². The van der Waals surface area contributed by atoms with E-state index in [2.05, 4.69) is 25.3 Å². The molecule has 0 amide bonds. The summed E-state index contributed by atoms with van der Waals surface area (Å²) < 4.78 is 6.73. The van der Waals surface area contributed by atoms with Gasteiger partial charge in [-0.05, 0) is 37.1 Å². The van der Waals surface area contributed by atoms with Gasteiger partial charge in [0.25, 0.3) is 5.56 Å². The third-order valence-electron chi connectivity index (χ3n) is 6.04. The van der Waals surface area contributed by atoms with Crippen LogP contribution in [-0.2, 0) is 9.53 Å². The van der Waals surface area contributed by atoms with Crippen LogP contribution in [-0.4, -0.2) is 55.3 Å². The Hall–Kier alpha value is -3.92. The third kappa shape index (κ3) is 3.07. The van der Waals surface area contributed by atoms with E-state index < -0.39 is 11.4 Å². The van der Waals surface area contributed by atoms with Gasteiger partial charge in [-0.3, -0.25) is 9.59 Å². The van der Waals surface area contributed by atoms with Gasteiger partial charge in [0, 0.05) is 30.3 Å². The summed E-state index contributed by atoms with van der Waals surface area (Å²) in [5, 5.41) is 13.0. The smallest absolute Gasteiger partial charge is 0.316 e. The Morgan fingerprint density at radius 1 is 1.44 bits per heavy atom. The van der Waals surface area contributed by atoms with E-state index in [0.29, 0.717) is 23.5 Å². The van der Waals surface area contributed by atoms with Gasteiger partial charge in [0.15, 0.2) is 0 Å². The van der Waals surface area contributed by atoms with Gasteiger partial charge in [0.2, 0.25) is 0 Å². The number of rotatable bonds is 6. The number of methoxy groups -OCH3 is 1. The minimum Gasteiger partial charge on any atom is -0.468 e. The number of aryl methyl sites for hydroxylation is 1. The van der Waals surface area contributed by atoms with Gasteiger partial charge in [-0.25, -0.2) is 9.97 Å². The highest BCUT2D eigenvalue weighted by molar-refractivity contribution is 5.87. The van der Waals surface area contributed by atoms with Crippen molar-refractivity contribution in [1.29, 1.82) is 0 Å². The predicted octanol–water partition coefficient (Wildman–Crippen LogP) is 1.75. The molecule has 3 heterocycles. The summed E-state index contributed by atoms with van der Waals surface area (Å²) in [5.41, 5.74) is 2.93. The first-order chi connectivity index (χ1) is 15.5. The number of aliphatic hydroxyl groups is 1. The van der Waals surface area contributed by atoms with Gasteiger partial charge in [-0.15, -0.1) is 0 Å². The maximum atomic E-state index is 12.8. The van der Waals surface area contributed by atoms with E-state index in [4.69, 9.17) is 4.74 Å². The molecule has 1 fully saturated rings. The fourth-order valence-electron chi connectivity index (χ4n) is 4.14. The number of benzene rings is 1. The SMILES string of the molecule is COC(=O)[C@@]1(CO)CC1Nc1cc[nH]c(=O)c1-c1nc2c(C)cc(-n3ccnc3)cc2[nH]1. The summed E-state index contributed by atoms with van der Waals surface area (Å²) in [6.45, 7) is 1.62. The second-order valence-electron chi connectivity index (χ2n) is 8.02. The first-order valence-electron chi connectivity index (χ1n) is 10.1. The molecule has 1 aliphatic carbocycles. The molecule has 164 valence electrons. The fourth-order valence-corrected chi connectivity index (χ4v) is 4.14. The van der Waals surface area contributed by atoms with Gasteiger partial charge in [-0.1, -0.05) is 0 Å². The zero-order chi connectivity index (χ0) is 22.5. The summed E-state index contributed by atoms with van der Waals surface area (Å²) in [6, 6.07) is 5.31. The molecule has 4 aromatic rings. The number of aromatic nitrogens is 5. The van der Waals surface area contributed by atoms with E-state index in [1.54, 1.807) is 18.6 Å². The lowest BCUT2D eigenvalue weighted by Gasteiger charge is -2.14. The second-order valence-corrected chi connectivity index (χ2v) is 8.02. The molecule has 3 aromatic heterocycles. The van der Waals surface area contributed by atoms with Crippen LogP contribution in [0.4, 0.5) is 5.69 Å². The first kappa shape index (κ1) is 20.0. The number of nitrogens with one attached hydrogen (secondary N) is 3. The van der Waals surface area contributed by atoms with Crippen LogP contribution in [0.25, 0.3) is 28.1 Å². The third-order valence-corrected chi connectivity index (χ3v) is 6.04. The van der Waals surface area contributed by atoms with Crippen LogP contribution >= 0.6 is 0 Å². The summed E-state index contributed by atoms with van der Waals surface area (Å²) in [4.78, 5) is 39.6. The molecule has 0 saturated heterocycles. The zero-order valence-electron chi connectivity index (χ0n) is 17.5. The first-order valence-corrected chi connectivity index (χ1v) is 10.1. The highest BCUT2D eigenvalue weighted by atomic mass is 16.5. The molecule has 10 nitrogen and oxygen atoms in total. The number of ether oxygens (including phenoxy) is 1. The minimum atomic E-state index is -1.00. The Balaban J connectivity index is 1.55. The molecule has 4 N–H and O–H groups in total. The molecule has 0 bridgehead atoms. The lowest BCUT2D eigenvalue weighted by atomic mass is 10.1. The van der Waals surface area contributed by atoms with Crippen LogP contribution in [0.15, 0.2) is 47.9 Å². The fraction of sp³-hybridized carbons (Fsp3) is 0.273. The van der Waals surface area contributed by atoms with Gasteiger partial charge in [0.05, 0.1) is 36.8 Å². The maximum Gasteiger partial charge on any atom is 0.316 e. The molecule has 5 rings (SSSR count). The largest absolute Gasteiger partial charge is 0.468 e. The van der Waals surface area contributed by atoms with E-state index in [1.165, 1.54) is 13.3 Å². The number of nitrogens with zero attached hydrogens (tertiary/aromatic N) is 3. The van der Waals surface area contributed by atoms with Crippen LogP contribution in [0.2, 0.25) is 0 Å². The van der Waals surface area contributed by atoms with Gasteiger partial charge < -0.3 is 29.7 Å². The molecule has 1 saturated carbocycles. The number of anilines is 1. The van der Waals surface area contributed by atoms with Crippen LogP contribution in [0.5, 0.6) is 0 Å². The van der Waals surface area contributed by atoms with Gasteiger partial charge in [0.1, 0.15) is 16.8 Å². The molecule has 10 heteroatoms. The standard InChI is InChI=1S/C22H22N6O4/c1-12-7-13(28-6-5-23-11-28)8-15-18(12)27-19(26-15)17-14(3-4-24-20(17)30)25-16-9-22(16,10-29)21(31)32-2/h3-8,11,16,29H,9-10H2,1-2H3,(H,26,27)(H2,24,25,30)/t16?,22-/m1/s1. The van der Waals surface area contributed by atoms with Crippen molar-refractivity contribution in [2.24, 2.45) is 5.41 Å². The Bertz CT molecular complexity index is 1370. The minimum absolute atomic E-state index is 0.324. The van der Waals surface area contributed by atoms with Crippen LogP contribution in [0.3, 0.4) is 0 Å². The number of pyridine rings is 1. The molecule has 32 heavy (non-hydrogen) atoms. The molecule has 0 aliphatic heterocycles. The van der Waals surface area contributed by atoms with Crippen LogP contribution in [0.1, 0.15) is 12.0 Å². The van der Waals surface area contributed by atoms with E-state index >= 15 is 0 Å². The van der Waals surface area contributed by atoms with Crippen molar-refractivity contribution in [3.63, 3.8) is 0 Å². The molecule has 0 spiro atoms. The highest BCUT2D eigenvalue weighted by Gasteiger charge is 2.61. The molecule has 1 aromatic carbocycles. The Morgan fingerprint density at radius 2 is 2.28 bits per heavy atom. The Kier molecular flexibility index (Phi) is 4.59. The van der Waals surface area contributed by atoms with Gasteiger partial charge >= 0.3 is 5.97 Å². The number of hydrogen-bond acceptors (Lipinski definition) is 7. The molecule has 2 atom stereocenters. The van der Waals surface area contributed by atoms with Crippen molar-refractivity contribution in [1.82, 2.24) is 24.5 Å². The van der Waals surface area contributed by atoms with Crippen molar-refractivity contribution >= 4 is 22.7 Å². The van der Waals surface area contributed by atoms with Gasteiger partial charge in [-0.2, -0.15) is 0 Å². The van der Waals surface area contributed by atoms with Crippen molar-refractivity contribution in [2.45, 2.75) is 19.4 Å². The van der Waals surface area contributed by atoms with Crippen molar-refractivity contribution in [3.8, 4) is 17.1 Å². The summed E-state index contributed by atoms with van der Waals surface area (Å²) >= 11 is 0. The predicted molar refractivity (Wildman–Crippen MR) is 118 cm³/mol. The van der Waals surface area contributed by atoms with E-state index in [0.717, 1.165) is 22.3 Å². The van der Waals surface area contributed by atoms with E-state index in [1.807, 2.05) is 29.8 Å². The zero-order valence-corrected chi connectivity index (χ0v) is 17.5. The lowest BCUT2D eigenvalue weighted by Crippen LogP contribution is -2.29. The topological polar surface area (TPSA) is 138 Å². The average Bonchev–Trinajstić information content (AvgIpc) is 3.13. The number of H-pyrrole nitrogens is 2. The van der Waals surface area contributed by atoms with Crippen molar-refractivity contribution in [3.05, 3.63) is 59.0 Å². The Morgan fingerprint density at radius 3 is 3.00 bits per heavy atom. The number of hydrogen-bond donors (Lipinski definition) is 4. The lowest BCUT2D eigenvalue weighted by molar-refractivity contribution is -0.148. The number of aromatic amines is 2. The molecular formula is C22H22N6O4. The maximum absolute atomic E-state index is 12.8. The van der Waals surface area contributed by atoms with Crippen LogP contribution in [0, 0.1) is 12.3 Å². The van der Waals surface area contributed by atoms with E-state index in [-0.39, 0.29) is 18.2 Å². The average molecular weight is 434 g/mol. The molecule has 1 unspecified atom stereocenters. The number of carbonyl (C=O) groups is 1. The number of carbonyl (C=O) groups excluding carboxylic acids is 1. The number of fused-ring (bicyclic) bond motifs is 1. The van der Waals surface area contributed by atoms with Crippen molar-refractivity contribution < 1.29 is 14.6 Å². The Labute approximate surface area is 182 Å². The monoisotopic (exact) mass is 434 g/mol. The number of esters is 1. The summed E-state index contributed by atoms with van der Waals surface area (Å²) in [6.07, 6.45) is 7.21. The van der Waals surface area contributed by atoms with E-state index in [9.17, 15) is 14.7 Å². The summed E-state index contributed by atoms with van der Waals surface area (Å²) in [5.74, 6) is -0.0705. The molecule has 1 aliphatic rings. The highest BCUT2D eigenvalue weighted by Crippen LogP contribution is 2.48. The molecular weight excluding hydrogens is 412 g/mol. The normalized spacial score (nSPS) is 19.8. The number of aliphatic hydroxyl groups excluding tert-OH is 1. The quantitative estimate of drug-likeness (QED) is 0.339. The summed E-state index contributed by atoms with van der Waals surface area (Å²) in [7, 11) is 1.29.